The molecular weight excluding hydrogens is 208 g/mol. The summed E-state index contributed by atoms with van der Waals surface area (Å²) in [6.45, 7) is 2.50. The third kappa shape index (κ3) is 14.8. The van der Waals surface area contributed by atoms with Gasteiger partial charge in [-0.2, -0.15) is 0 Å². The predicted octanol–water partition coefficient (Wildman–Crippen LogP) is 3.68. The van der Waals surface area contributed by atoms with Gasteiger partial charge >= 0.3 is 0 Å². The molecule has 0 heterocycles. The summed E-state index contributed by atoms with van der Waals surface area (Å²) in [6.07, 6.45) is 12.8. The van der Waals surface area contributed by atoms with Gasteiger partial charge in [0.2, 0.25) is 0 Å². The fourth-order valence-electron chi connectivity index (χ4n) is 1.34. The van der Waals surface area contributed by atoms with E-state index >= 15 is 0 Å². The highest BCUT2D eigenvalue weighted by molar-refractivity contribution is 5.30. The molecule has 1 heteroatoms. The SMILES string of the molecule is CCCCCC#CC#C/C=C/CCCCCO. The zero-order valence-corrected chi connectivity index (χ0v) is 11.0. The monoisotopic (exact) mass is 232 g/mol. The van der Waals surface area contributed by atoms with E-state index in [0.717, 1.165) is 32.1 Å². The fraction of sp³-hybridized carbons (Fsp3) is 0.625. The van der Waals surface area contributed by atoms with Crippen LogP contribution in [0.2, 0.25) is 0 Å². The van der Waals surface area contributed by atoms with Crippen molar-refractivity contribution in [3.05, 3.63) is 12.2 Å². The maximum absolute atomic E-state index is 8.59. The third-order valence-electron chi connectivity index (χ3n) is 2.36. The average molecular weight is 232 g/mol. The number of allylic oxidation sites excluding steroid dienone is 2. The molecule has 17 heavy (non-hydrogen) atoms. The molecule has 0 unspecified atom stereocenters. The van der Waals surface area contributed by atoms with Crippen LogP contribution in [0.5, 0.6) is 0 Å². The molecular formula is C16H24O. The van der Waals surface area contributed by atoms with Crippen LogP contribution >= 0.6 is 0 Å². The van der Waals surface area contributed by atoms with Crippen LogP contribution < -0.4 is 0 Å². The van der Waals surface area contributed by atoms with E-state index in [0.29, 0.717) is 6.61 Å². The number of hydrogen-bond acceptors (Lipinski definition) is 1. The maximum atomic E-state index is 8.59. The Morgan fingerprint density at radius 3 is 2.65 bits per heavy atom. The second-order valence-corrected chi connectivity index (χ2v) is 4.00. The van der Waals surface area contributed by atoms with E-state index in [4.69, 9.17) is 5.11 Å². The smallest absolute Gasteiger partial charge is 0.0431 e. The zero-order chi connectivity index (χ0) is 12.6. The molecule has 0 atom stereocenters. The summed E-state index contributed by atoms with van der Waals surface area (Å²) in [5.74, 6) is 11.7. The van der Waals surface area contributed by atoms with E-state index in [2.05, 4.69) is 36.7 Å². The van der Waals surface area contributed by atoms with Crippen LogP contribution in [-0.2, 0) is 0 Å². The van der Waals surface area contributed by atoms with E-state index in [-0.39, 0.29) is 0 Å². The van der Waals surface area contributed by atoms with Gasteiger partial charge in [0.05, 0.1) is 0 Å². The number of aliphatic hydroxyl groups excluding tert-OH is 1. The molecule has 0 aromatic heterocycles. The van der Waals surface area contributed by atoms with Crippen LogP contribution in [-0.4, -0.2) is 11.7 Å². The maximum Gasteiger partial charge on any atom is 0.0431 e. The molecule has 1 N–H and O–H groups in total. The second-order valence-electron chi connectivity index (χ2n) is 4.00. The van der Waals surface area contributed by atoms with Crippen LogP contribution in [0.15, 0.2) is 12.2 Å². The van der Waals surface area contributed by atoms with Crippen molar-refractivity contribution in [2.45, 2.75) is 58.3 Å². The Morgan fingerprint density at radius 2 is 1.88 bits per heavy atom. The Labute approximate surface area is 106 Å². The molecule has 0 aliphatic heterocycles. The summed E-state index contributed by atoms with van der Waals surface area (Å²) in [5.41, 5.74) is 0. The molecule has 0 saturated carbocycles. The van der Waals surface area contributed by atoms with Gasteiger partial charge in [-0.15, -0.1) is 0 Å². The van der Waals surface area contributed by atoms with Crippen LogP contribution in [0.1, 0.15) is 58.3 Å². The van der Waals surface area contributed by atoms with E-state index in [9.17, 15) is 0 Å². The lowest BCUT2D eigenvalue weighted by Crippen LogP contribution is -1.81. The van der Waals surface area contributed by atoms with Crippen LogP contribution in [0.25, 0.3) is 0 Å². The Kier molecular flexibility index (Phi) is 13.8. The highest BCUT2D eigenvalue weighted by atomic mass is 16.2. The van der Waals surface area contributed by atoms with Gasteiger partial charge in [0.15, 0.2) is 0 Å². The largest absolute Gasteiger partial charge is 0.396 e. The summed E-state index contributed by atoms with van der Waals surface area (Å²) in [5, 5.41) is 8.59. The van der Waals surface area contributed by atoms with Crippen molar-refractivity contribution in [1.29, 1.82) is 0 Å². The minimum absolute atomic E-state index is 0.303. The van der Waals surface area contributed by atoms with Crippen LogP contribution in [0, 0.1) is 23.7 Å². The van der Waals surface area contributed by atoms with Crippen molar-refractivity contribution in [1.82, 2.24) is 0 Å². The lowest BCUT2D eigenvalue weighted by atomic mass is 10.2. The van der Waals surface area contributed by atoms with Gasteiger partial charge in [0, 0.05) is 13.0 Å². The van der Waals surface area contributed by atoms with E-state index in [1.807, 2.05) is 6.08 Å². The lowest BCUT2D eigenvalue weighted by molar-refractivity contribution is 0.283. The Balaban J connectivity index is 3.42. The Hall–Kier alpha value is -1.18. The fourth-order valence-corrected chi connectivity index (χ4v) is 1.34. The van der Waals surface area contributed by atoms with Crippen molar-refractivity contribution in [3.8, 4) is 23.7 Å². The van der Waals surface area contributed by atoms with Crippen molar-refractivity contribution >= 4 is 0 Å². The first-order valence-electron chi connectivity index (χ1n) is 6.66. The number of rotatable bonds is 8. The van der Waals surface area contributed by atoms with E-state index in [1.54, 1.807) is 0 Å². The molecule has 0 bridgehead atoms. The molecule has 1 nitrogen and oxygen atoms in total. The first-order valence-corrected chi connectivity index (χ1v) is 6.66. The average Bonchev–Trinajstić information content (AvgIpc) is 2.35. The molecule has 0 rings (SSSR count). The minimum Gasteiger partial charge on any atom is -0.396 e. The number of unbranched alkanes of at least 4 members (excludes halogenated alkanes) is 6. The first kappa shape index (κ1) is 15.8. The molecule has 0 radical (unpaired) electrons. The second kappa shape index (κ2) is 14.8. The number of hydrogen-bond donors (Lipinski definition) is 1. The van der Waals surface area contributed by atoms with Gasteiger partial charge in [-0.25, -0.2) is 0 Å². The summed E-state index contributed by atoms with van der Waals surface area (Å²) in [6, 6.07) is 0. The summed E-state index contributed by atoms with van der Waals surface area (Å²) < 4.78 is 0. The van der Waals surface area contributed by atoms with Crippen molar-refractivity contribution < 1.29 is 5.11 Å². The summed E-state index contributed by atoms with van der Waals surface area (Å²) >= 11 is 0. The highest BCUT2D eigenvalue weighted by Gasteiger charge is 1.83. The summed E-state index contributed by atoms with van der Waals surface area (Å²) in [7, 11) is 0. The molecule has 94 valence electrons. The molecule has 0 fully saturated rings. The van der Waals surface area contributed by atoms with Gasteiger partial charge in [0.1, 0.15) is 0 Å². The normalized spacial score (nSPS) is 9.53. The van der Waals surface area contributed by atoms with Gasteiger partial charge in [0.25, 0.3) is 0 Å². The lowest BCUT2D eigenvalue weighted by Gasteiger charge is -1.92. The Bertz CT molecular complexity index is 293. The first-order chi connectivity index (χ1) is 8.41. The minimum atomic E-state index is 0.303. The van der Waals surface area contributed by atoms with Gasteiger partial charge in [-0.05, 0) is 43.6 Å². The van der Waals surface area contributed by atoms with Crippen LogP contribution in [0.3, 0.4) is 0 Å². The van der Waals surface area contributed by atoms with Gasteiger partial charge in [-0.3, -0.25) is 0 Å². The van der Waals surface area contributed by atoms with Crippen molar-refractivity contribution in [2.24, 2.45) is 0 Å². The zero-order valence-electron chi connectivity index (χ0n) is 11.0. The molecule has 0 aromatic carbocycles. The van der Waals surface area contributed by atoms with E-state index in [1.165, 1.54) is 19.3 Å². The molecule has 0 aromatic rings. The van der Waals surface area contributed by atoms with Crippen molar-refractivity contribution in [3.63, 3.8) is 0 Å². The topological polar surface area (TPSA) is 20.2 Å². The molecule has 0 saturated heterocycles. The standard InChI is InChI=1S/C16H24O/c1-2-3-4-5-6-7-8-9-10-11-12-13-14-15-16-17/h10-11,17H,2-5,12-16H2,1H3/b11-10+. The quantitative estimate of drug-likeness (QED) is 0.500. The molecule has 0 spiro atoms. The third-order valence-corrected chi connectivity index (χ3v) is 2.36. The van der Waals surface area contributed by atoms with Crippen LogP contribution in [0.4, 0.5) is 0 Å². The molecule has 0 aliphatic carbocycles. The van der Waals surface area contributed by atoms with E-state index < -0.39 is 0 Å². The van der Waals surface area contributed by atoms with Gasteiger partial charge < -0.3 is 5.11 Å². The predicted molar refractivity (Wildman–Crippen MR) is 74.4 cm³/mol. The molecule has 0 amide bonds. The summed E-state index contributed by atoms with van der Waals surface area (Å²) in [4.78, 5) is 0. The Morgan fingerprint density at radius 1 is 1.00 bits per heavy atom. The van der Waals surface area contributed by atoms with Gasteiger partial charge in [-0.1, -0.05) is 44.1 Å². The number of aliphatic hydroxyl groups is 1. The molecule has 0 aliphatic rings. The van der Waals surface area contributed by atoms with Crippen molar-refractivity contribution in [2.75, 3.05) is 6.61 Å². The highest BCUT2D eigenvalue weighted by Crippen LogP contribution is 1.99.